The predicted molar refractivity (Wildman–Crippen MR) is 78.0 cm³/mol. The molecule has 2 aromatic rings. The number of carbonyl (C=O) groups is 1. The summed E-state index contributed by atoms with van der Waals surface area (Å²) in [6.45, 7) is 0.118. The summed E-state index contributed by atoms with van der Waals surface area (Å²) in [4.78, 5) is 11.6. The van der Waals surface area contributed by atoms with Crippen LogP contribution in [0.5, 0.6) is 0 Å². The summed E-state index contributed by atoms with van der Waals surface area (Å²) in [5.74, 6) is -2.13. The molecule has 116 valence electrons. The van der Waals surface area contributed by atoms with E-state index in [0.29, 0.717) is 12.0 Å². The van der Waals surface area contributed by atoms with E-state index in [1.54, 1.807) is 18.2 Å². The van der Waals surface area contributed by atoms with Gasteiger partial charge in [0.2, 0.25) is 5.91 Å². The SMILES string of the molecule is O=C(CNc1ccc(F)cc1F)NCCc1ccccc1F. The van der Waals surface area contributed by atoms with Gasteiger partial charge in [0.25, 0.3) is 0 Å². The van der Waals surface area contributed by atoms with E-state index in [0.717, 1.165) is 12.1 Å². The zero-order valence-corrected chi connectivity index (χ0v) is 11.7. The van der Waals surface area contributed by atoms with E-state index in [9.17, 15) is 18.0 Å². The van der Waals surface area contributed by atoms with Crippen molar-refractivity contribution in [2.45, 2.75) is 6.42 Å². The summed E-state index contributed by atoms with van der Waals surface area (Å²) in [7, 11) is 0. The van der Waals surface area contributed by atoms with E-state index in [1.165, 1.54) is 12.1 Å². The maximum absolute atomic E-state index is 13.4. The molecule has 3 nitrogen and oxygen atoms in total. The number of benzene rings is 2. The quantitative estimate of drug-likeness (QED) is 0.861. The maximum atomic E-state index is 13.4. The molecular formula is C16H15F3N2O. The Kier molecular flexibility index (Phi) is 5.41. The van der Waals surface area contributed by atoms with Crippen molar-refractivity contribution in [3.63, 3.8) is 0 Å². The average molecular weight is 308 g/mol. The lowest BCUT2D eigenvalue weighted by Gasteiger charge is -2.09. The van der Waals surface area contributed by atoms with Gasteiger partial charge in [-0.25, -0.2) is 13.2 Å². The van der Waals surface area contributed by atoms with Crippen molar-refractivity contribution < 1.29 is 18.0 Å². The van der Waals surface area contributed by atoms with Crippen molar-refractivity contribution in [1.29, 1.82) is 0 Å². The molecule has 0 spiro atoms. The molecule has 1 amide bonds. The van der Waals surface area contributed by atoms with Gasteiger partial charge in [-0.15, -0.1) is 0 Å². The molecule has 0 saturated carbocycles. The highest BCUT2D eigenvalue weighted by Gasteiger charge is 2.06. The minimum Gasteiger partial charge on any atom is -0.374 e. The number of nitrogens with one attached hydrogen (secondary N) is 2. The van der Waals surface area contributed by atoms with Crippen LogP contribution in [0.4, 0.5) is 18.9 Å². The minimum absolute atomic E-state index is 0.0469. The number of anilines is 1. The van der Waals surface area contributed by atoms with Crippen LogP contribution in [0.3, 0.4) is 0 Å². The third-order valence-corrected chi connectivity index (χ3v) is 3.04. The van der Waals surface area contributed by atoms with Crippen molar-refractivity contribution in [3.05, 3.63) is 65.5 Å². The van der Waals surface area contributed by atoms with Gasteiger partial charge in [0.15, 0.2) is 0 Å². The van der Waals surface area contributed by atoms with Gasteiger partial charge < -0.3 is 10.6 Å². The van der Waals surface area contributed by atoms with Gasteiger partial charge in [-0.1, -0.05) is 18.2 Å². The van der Waals surface area contributed by atoms with Crippen LogP contribution in [0.2, 0.25) is 0 Å². The second-order valence-electron chi connectivity index (χ2n) is 4.67. The van der Waals surface area contributed by atoms with Crippen molar-refractivity contribution in [2.24, 2.45) is 0 Å². The number of amides is 1. The fourth-order valence-electron chi connectivity index (χ4n) is 1.91. The molecule has 2 aromatic carbocycles. The van der Waals surface area contributed by atoms with Crippen LogP contribution in [0.15, 0.2) is 42.5 Å². The molecule has 2 N–H and O–H groups in total. The van der Waals surface area contributed by atoms with E-state index in [1.807, 2.05) is 0 Å². The molecule has 0 aromatic heterocycles. The van der Waals surface area contributed by atoms with Crippen molar-refractivity contribution in [2.75, 3.05) is 18.4 Å². The summed E-state index contributed by atoms with van der Waals surface area (Å²) in [6.07, 6.45) is 0.364. The molecular weight excluding hydrogens is 293 g/mol. The lowest BCUT2D eigenvalue weighted by atomic mass is 10.1. The van der Waals surface area contributed by atoms with Crippen LogP contribution in [-0.2, 0) is 11.2 Å². The highest BCUT2D eigenvalue weighted by Crippen LogP contribution is 2.14. The summed E-state index contributed by atoms with van der Waals surface area (Å²) < 4.78 is 39.4. The highest BCUT2D eigenvalue weighted by atomic mass is 19.1. The molecule has 0 aliphatic rings. The normalized spacial score (nSPS) is 10.3. The molecule has 2 rings (SSSR count). The molecule has 6 heteroatoms. The average Bonchev–Trinajstić information content (AvgIpc) is 2.48. The Morgan fingerprint density at radius 2 is 1.77 bits per heavy atom. The third kappa shape index (κ3) is 4.51. The summed E-state index contributed by atoms with van der Waals surface area (Å²) >= 11 is 0. The Labute approximate surface area is 126 Å². The topological polar surface area (TPSA) is 41.1 Å². The molecule has 0 unspecified atom stereocenters. The van der Waals surface area contributed by atoms with Crippen molar-refractivity contribution >= 4 is 11.6 Å². The fourth-order valence-corrected chi connectivity index (χ4v) is 1.91. The molecule has 0 heterocycles. The number of rotatable bonds is 6. The Balaban J connectivity index is 1.75. The van der Waals surface area contributed by atoms with Crippen LogP contribution in [0.25, 0.3) is 0 Å². The predicted octanol–water partition coefficient (Wildman–Crippen LogP) is 2.87. The number of hydrogen-bond acceptors (Lipinski definition) is 2. The van der Waals surface area contributed by atoms with Gasteiger partial charge in [-0.05, 0) is 30.2 Å². The van der Waals surface area contributed by atoms with Crippen LogP contribution in [0, 0.1) is 17.5 Å². The zero-order valence-electron chi connectivity index (χ0n) is 11.7. The Bertz CT molecular complexity index is 662. The van der Waals surface area contributed by atoms with E-state index >= 15 is 0 Å². The monoisotopic (exact) mass is 308 g/mol. The highest BCUT2D eigenvalue weighted by molar-refractivity contribution is 5.80. The summed E-state index contributed by atoms with van der Waals surface area (Å²) in [5.41, 5.74) is 0.561. The van der Waals surface area contributed by atoms with Crippen LogP contribution in [-0.4, -0.2) is 19.0 Å². The molecule has 0 aliphatic heterocycles. The first-order chi connectivity index (χ1) is 10.6. The largest absolute Gasteiger partial charge is 0.374 e. The summed E-state index contributed by atoms with van der Waals surface area (Å²) in [5, 5.41) is 5.17. The molecule has 0 radical (unpaired) electrons. The van der Waals surface area contributed by atoms with Crippen LogP contribution >= 0.6 is 0 Å². The third-order valence-electron chi connectivity index (χ3n) is 3.04. The van der Waals surface area contributed by atoms with Gasteiger partial charge in [0.05, 0.1) is 12.2 Å². The number of hydrogen-bond donors (Lipinski definition) is 2. The summed E-state index contributed by atoms with van der Waals surface area (Å²) in [6, 6.07) is 9.37. The Morgan fingerprint density at radius 3 is 2.50 bits per heavy atom. The van der Waals surface area contributed by atoms with Gasteiger partial charge in [0.1, 0.15) is 17.5 Å². The lowest BCUT2D eigenvalue weighted by molar-refractivity contribution is -0.119. The smallest absolute Gasteiger partial charge is 0.239 e. The number of carbonyl (C=O) groups excluding carboxylic acids is 1. The van der Waals surface area contributed by atoms with Crippen molar-refractivity contribution in [1.82, 2.24) is 5.32 Å². The second kappa shape index (κ2) is 7.49. The van der Waals surface area contributed by atoms with E-state index in [-0.39, 0.29) is 30.5 Å². The second-order valence-corrected chi connectivity index (χ2v) is 4.67. The van der Waals surface area contributed by atoms with E-state index in [2.05, 4.69) is 10.6 Å². The fraction of sp³-hybridized carbons (Fsp3) is 0.188. The first-order valence-electron chi connectivity index (χ1n) is 6.75. The van der Waals surface area contributed by atoms with Gasteiger partial charge in [-0.2, -0.15) is 0 Å². The molecule has 0 aliphatic carbocycles. The zero-order chi connectivity index (χ0) is 15.9. The molecule has 22 heavy (non-hydrogen) atoms. The van der Waals surface area contributed by atoms with E-state index in [4.69, 9.17) is 0 Å². The Morgan fingerprint density at radius 1 is 1.00 bits per heavy atom. The molecule has 0 bridgehead atoms. The first-order valence-corrected chi connectivity index (χ1v) is 6.75. The minimum atomic E-state index is -0.765. The first kappa shape index (κ1) is 15.9. The van der Waals surface area contributed by atoms with Crippen LogP contribution < -0.4 is 10.6 Å². The molecule has 0 atom stereocenters. The van der Waals surface area contributed by atoms with Crippen LogP contribution in [0.1, 0.15) is 5.56 Å². The van der Waals surface area contributed by atoms with Crippen molar-refractivity contribution in [3.8, 4) is 0 Å². The molecule has 0 fully saturated rings. The van der Waals surface area contributed by atoms with Gasteiger partial charge in [0, 0.05) is 12.6 Å². The van der Waals surface area contributed by atoms with Gasteiger partial charge >= 0.3 is 0 Å². The molecule has 0 saturated heterocycles. The number of halogens is 3. The lowest BCUT2D eigenvalue weighted by Crippen LogP contribution is -2.31. The standard InChI is InChI=1S/C16H15F3N2O/c17-12-5-6-15(14(19)9-12)21-10-16(22)20-8-7-11-3-1-2-4-13(11)18/h1-6,9,21H,7-8,10H2,(H,20,22). The Hall–Kier alpha value is -2.50. The van der Waals surface area contributed by atoms with E-state index < -0.39 is 11.6 Å². The maximum Gasteiger partial charge on any atom is 0.239 e. The van der Waals surface area contributed by atoms with Gasteiger partial charge in [-0.3, -0.25) is 4.79 Å².